The van der Waals surface area contributed by atoms with Gasteiger partial charge in [-0.3, -0.25) is 10.2 Å². The molecule has 8 heteroatoms. The zero-order chi connectivity index (χ0) is 23.2. The third-order valence-electron chi connectivity index (χ3n) is 4.80. The Morgan fingerprint density at radius 2 is 1.71 bits per heavy atom. The highest BCUT2D eigenvalue weighted by Crippen LogP contribution is 2.31. The summed E-state index contributed by atoms with van der Waals surface area (Å²) in [5, 5.41) is 6.40. The van der Waals surface area contributed by atoms with E-state index in [4.69, 9.17) is 15.3 Å². The van der Waals surface area contributed by atoms with E-state index in [2.05, 4.69) is 36.2 Å². The number of hydrogen-bond donors (Lipinski definition) is 2. The van der Waals surface area contributed by atoms with Crippen molar-refractivity contribution in [1.29, 1.82) is 0 Å². The molecule has 2 aromatic carbocycles. The van der Waals surface area contributed by atoms with Crippen molar-refractivity contribution < 1.29 is 14.3 Å². The number of ether oxygens (including phenoxy) is 2. The molecule has 3 N–H and O–H groups in total. The van der Waals surface area contributed by atoms with Crippen molar-refractivity contribution in [1.82, 2.24) is 5.32 Å². The number of hydrogen-bond acceptors (Lipinski definition) is 6. The lowest BCUT2D eigenvalue weighted by molar-refractivity contribution is 0.251. The summed E-state index contributed by atoms with van der Waals surface area (Å²) >= 11 is 0. The van der Waals surface area contributed by atoms with E-state index in [1.54, 1.807) is 46.4 Å². The Labute approximate surface area is 183 Å². The van der Waals surface area contributed by atoms with Gasteiger partial charge in [0, 0.05) is 18.8 Å². The second-order valence-electron chi connectivity index (χ2n) is 8.00. The van der Waals surface area contributed by atoms with Crippen molar-refractivity contribution in [3.05, 3.63) is 48.0 Å². The number of aliphatic imine (C=N–C) groups is 1. The quantitative estimate of drug-likeness (QED) is 0.324. The second kappa shape index (κ2) is 9.97. The van der Waals surface area contributed by atoms with Crippen molar-refractivity contribution in [3.8, 4) is 11.5 Å². The molecule has 0 saturated carbocycles. The summed E-state index contributed by atoms with van der Waals surface area (Å²) in [7, 11) is 4.79. The number of benzene rings is 2. The normalized spacial score (nSPS) is 12.4. The van der Waals surface area contributed by atoms with Crippen LogP contribution in [-0.4, -0.2) is 38.8 Å². The summed E-state index contributed by atoms with van der Waals surface area (Å²) in [4.78, 5) is 18.7. The Hall–Kier alpha value is -3.55. The SMILES string of the molecule is COc1ccc(OC)c(N=C(C)/C(=N\N)NC(=O)N(C)c2ccc(C(C)(C)C)cc2)c1. The Morgan fingerprint density at radius 1 is 1.06 bits per heavy atom. The number of nitrogens with zero attached hydrogens (tertiary/aromatic N) is 3. The van der Waals surface area contributed by atoms with E-state index in [-0.39, 0.29) is 17.3 Å². The second-order valence-corrected chi connectivity index (χ2v) is 8.00. The number of rotatable bonds is 5. The molecule has 0 saturated heterocycles. The van der Waals surface area contributed by atoms with Crippen LogP contribution in [0.4, 0.5) is 16.2 Å². The monoisotopic (exact) mass is 425 g/mol. The zero-order valence-electron chi connectivity index (χ0n) is 19.2. The highest BCUT2D eigenvalue weighted by molar-refractivity contribution is 6.43. The predicted molar refractivity (Wildman–Crippen MR) is 126 cm³/mol. The van der Waals surface area contributed by atoms with Crippen molar-refractivity contribution in [2.24, 2.45) is 15.9 Å². The molecule has 0 aromatic heterocycles. The lowest BCUT2D eigenvalue weighted by Gasteiger charge is -2.22. The minimum Gasteiger partial charge on any atom is -0.497 e. The predicted octanol–water partition coefficient (Wildman–Crippen LogP) is 4.21. The zero-order valence-corrected chi connectivity index (χ0v) is 19.2. The van der Waals surface area contributed by atoms with Crippen LogP contribution in [0, 0.1) is 0 Å². The van der Waals surface area contributed by atoms with Gasteiger partial charge >= 0.3 is 6.03 Å². The molecule has 166 valence electrons. The molecule has 0 fully saturated rings. The Balaban J connectivity index is 2.20. The number of nitrogens with two attached hydrogens (primary N) is 1. The maximum atomic E-state index is 12.8. The van der Waals surface area contributed by atoms with Crippen LogP contribution in [0.25, 0.3) is 0 Å². The van der Waals surface area contributed by atoms with Crippen molar-refractivity contribution in [3.63, 3.8) is 0 Å². The van der Waals surface area contributed by atoms with Crippen LogP contribution in [0.2, 0.25) is 0 Å². The first-order valence-electron chi connectivity index (χ1n) is 9.81. The minimum absolute atomic E-state index is 0.0352. The Kier molecular flexibility index (Phi) is 7.63. The molecule has 0 heterocycles. The van der Waals surface area contributed by atoms with E-state index in [1.165, 1.54) is 10.5 Å². The maximum Gasteiger partial charge on any atom is 0.327 e. The van der Waals surface area contributed by atoms with Crippen LogP contribution in [-0.2, 0) is 5.41 Å². The van der Waals surface area contributed by atoms with E-state index in [0.29, 0.717) is 22.9 Å². The number of hydrazone groups is 1. The summed E-state index contributed by atoms with van der Waals surface area (Å²) in [6.45, 7) is 8.12. The molecule has 0 radical (unpaired) electrons. The van der Waals surface area contributed by atoms with E-state index >= 15 is 0 Å². The number of carbonyl (C=O) groups is 1. The largest absolute Gasteiger partial charge is 0.497 e. The van der Waals surface area contributed by atoms with Crippen LogP contribution in [0.5, 0.6) is 11.5 Å². The highest BCUT2D eigenvalue weighted by atomic mass is 16.5. The number of urea groups is 1. The number of amidine groups is 1. The summed E-state index contributed by atoms with van der Waals surface area (Å²) in [6.07, 6.45) is 0. The highest BCUT2D eigenvalue weighted by Gasteiger charge is 2.18. The summed E-state index contributed by atoms with van der Waals surface area (Å²) in [5.74, 6) is 6.85. The van der Waals surface area contributed by atoms with Crippen LogP contribution in [0.15, 0.2) is 52.6 Å². The first-order valence-corrected chi connectivity index (χ1v) is 9.81. The molecule has 8 nitrogen and oxygen atoms in total. The minimum atomic E-state index is -0.389. The lowest BCUT2D eigenvalue weighted by atomic mass is 9.87. The van der Waals surface area contributed by atoms with Gasteiger partial charge in [0.05, 0.1) is 19.9 Å². The van der Waals surface area contributed by atoms with Gasteiger partial charge in [0.1, 0.15) is 17.2 Å². The first-order chi connectivity index (χ1) is 14.6. The standard InChI is InChI=1S/C23H31N5O3/c1-15(25-19-14-18(30-6)12-13-20(19)31-7)21(27-24)26-22(29)28(5)17-10-8-16(9-11-17)23(2,3)4/h8-14H,24H2,1-7H3,(H,26,27,29). The molecular formula is C23H31N5O3. The van der Waals surface area contributed by atoms with Gasteiger partial charge in [-0.2, -0.15) is 5.10 Å². The Morgan fingerprint density at radius 3 is 2.23 bits per heavy atom. The van der Waals surface area contributed by atoms with E-state index in [0.717, 1.165) is 5.69 Å². The summed E-state index contributed by atoms with van der Waals surface area (Å²) < 4.78 is 10.6. The number of anilines is 1. The number of methoxy groups -OCH3 is 2. The molecule has 2 aromatic rings. The smallest absolute Gasteiger partial charge is 0.327 e. The molecule has 0 atom stereocenters. The molecule has 0 aliphatic carbocycles. The van der Waals surface area contributed by atoms with Crippen LogP contribution in [0.1, 0.15) is 33.3 Å². The first kappa shape index (κ1) is 23.7. The van der Waals surface area contributed by atoms with Crippen molar-refractivity contribution in [2.75, 3.05) is 26.2 Å². The fourth-order valence-corrected chi connectivity index (χ4v) is 2.82. The van der Waals surface area contributed by atoms with Crippen LogP contribution < -0.4 is 25.5 Å². The fraction of sp³-hybridized carbons (Fsp3) is 0.348. The van der Waals surface area contributed by atoms with E-state index in [9.17, 15) is 4.79 Å². The van der Waals surface area contributed by atoms with E-state index in [1.807, 2.05) is 24.3 Å². The van der Waals surface area contributed by atoms with Crippen molar-refractivity contribution in [2.45, 2.75) is 33.1 Å². The molecule has 0 spiro atoms. The van der Waals surface area contributed by atoms with Gasteiger partial charge in [0.25, 0.3) is 0 Å². The average molecular weight is 426 g/mol. The molecule has 0 unspecified atom stereocenters. The number of carbonyl (C=O) groups excluding carboxylic acids is 1. The third kappa shape index (κ3) is 5.97. The molecule has 0 bridgehead atoms. The van der Waals surface area contributed by atoms with Gasteiger partial charge in [-0.25, -0.2) is 9.79 Å². The number of amides is 2. The topological polar surface area (TPSA) is 102 Å². The van der Waals surface area contributed by atoms with Crippen LogP contribution >= 0.6 is 0 Å². The van der Waals surface area contributed by atoms with Gasteiger partial charge in [0.2, 0.25) is 0 Å². The third-order valence-corrected chi connectivity index (χ3v) is 4.80. The summed E-state index contributed by atoms with van der Waals surface area (Å²) in [5.41, 5.74) is 2.91. The molecule has 31 heavy (non-hydrogen) atoms. The molecule has 0 aliphatic heterocycles. The maximum absolute atomic E-state index is 12.8. The molecule has 2 rings (SSSR count). The lowest BCUT2D eigenvalue weighted by Crippen LogP contribution is -2.43. The number of nitrogens with one attached hydrogen (secondary N) is 1. The van der Waals surface area contributed by atoms with Crippen LogP contribution in [0.3, 0.4) is 0 Å². The Bertz CT molecular complexity index is 976. The average Bonchev–Trinajstić information content (AvgIpc) is 2.75. The van der Waals surface area contributed by atoms with Gasteiger partial charge in [-0.1, -0.05) is 32.9 Å². The van der Waals surface area contributed by atoms with Gasteiger partial charge < -0.3 is 15.3 Å². The van der Waals surface area contributed by atoms with Gasteiger partial charge in [0.15, 0.2) is 5.84 Å². The van der Waals surface area contributed by atoms with Crippen molar-refractivity contribution >= 4 is 29.0 Å². The van der Waals surface area contributed by atoms with Gasteiger partial charge in [-0.05, 0) is 42.2 Å². The fourth-order valence-electron chi connectivity index (χ4n) is 2.82. The molecular weight excluding hydrogens is 394 g/mol. The van der Waals surface area contributed by atoms with Gasteiger partial charge in [-0.15, -0.1) is 0 Å². The molecule has 0 aliphatic rings. The van der Waals surface area contributed by atoms with E-state index < -0.39 is 0 Å². The molecule has 2 amide bonds. The summed E-state index contributed by atoms with van der Waals surface area (Å²) in [6, 6.07) is 12.7.